The molecule has 0 saturated heterocycles. The zero-order valence-electron chi connectivity index (χ0n) is 10.4. The van der Waals surface area contributed by atoms with Gasteiger partial charge in [-0.2, -0.15) is 10.2 Å². The summed E-state index contributed by atoms with van der Waals surface area (Å²) in [4.78, 5) is 4.22. The van der Waals surface area contributed by atoms with E-state index in [0.29, 0.717) is 29.6 Å². The van der Waals surface area contributed by atoms with Crippen molar-refractivity contribution in [2.24, 2.45) is 0 Å². The molecule has 0 unspecified atom stereocenters. The topological polar surface area (TPSA) is 87.9 Å². The lowest BCUT2D eigenvalue weighted by atomic mass is 10.2. The Hall–Kier alpha value is -3.07. The molecule has 1 aromatic carbocycles. The number of nitriles is 1. The minimum absolute atomic E-state index is 0.402. The molecule has 3 aromatic rings. The van der Waals surface area contributed by atoms with Crippen molar-refractivity contribution in [2.45, 2.75) is 6.54 Å². The predicted octanol–water partition coefficient (Wildman–Crippen LogP) is 2.81. The van der Waals surface area contributed by atoms with Crippen LogP contribution in [0.4, 0.5) is 5.69 Å². The average Bonchev–Trinajstić information content (AvgIpc) is 3.16. The molecule has 6 heteroatoms. The lowest BCUT2D eigenvalue weighted by Crippen LogP contribution is -1.99. The molecule has 0 bridgehead atoms. The van der Waals surface area contributed by atoms with Crippen LogP contribution in [0.1, 0.15) is 11.5 Å². The van der Waals surface area contributed by atoms with Gasteiger partial charge in [-0.25, -0.2) is 0 Å². The Morgan fingerprint density at radius 1 is 1.20 bits per heavy atom. The molecule has 2 heterocycles. The second-order valence-corrected chi connectivity index (χ2v) is 4.03. The first-order valence-electron chi connectivity index (χ1n) is 5.95. The quantitative estimate of drug-likeness (QED) is 0.781. The normalized spacial score (nSPS) is 10.2. The van der Waals surface area contributed by atoms with Crippen LogP contribution in [0, 0.1) is 11.3 Å². The van der Waals surface area contributed by atoms with Crippen LogP contribution in [0.15, 0.2) is 51.6 Å². The molecule has 0 aliphatic heterocycles. The van der Waals surface area contributed by atoms with Crippen molar-refractivity contribution >= 4 is 5.69 Å². The molecule has 3 rings (SSSR count). The Morgan fingerprint density at radius 3 is 2.75 bits per heavy atom. The van der Waals surface area contributed by atoms with Gasteiger partial charge in [0, 0.05) is 5.69 Å². The van der Waals surface area contributed by atoms with Crippen molar-refractivity contribution < 1.29 is 8.94 Å². The van der Waals surface area contributed by atoms with Gasteiger partial charge in [-0.1, -0.05) is 5.16 Å². The molecular formula is C14H10N4O2. The maximum absolute atomic E-state index is 8.72. The van der Waals surface area contributed by atoms with E-state index >= 15 is 0 Å². The summed E-state index contributed by atoms with van der Waals surface area (Å²) in [7, 11) is 0. The fraction of sp³-hybridized carbons (Fsp3) is 0.0714. The van der Waals surface area contributed by atoms with Gasteiger partial charge in [0.05, 0.1) is 24.4 Å². The van der Waals surface area contributed by atoms with E-state index in [1.165, 1.54) is 0 Å². The van der Waals surface area contributed by atoms with Gasteiger partial charge in [0.1, 0.15) is 0 Å². The fourth-order valence-corrected chi connectivity index (χ4v) is 1.67. The third-order valence-corrected chi connectivity index (χ3v) is 2.67. The minimum atomic E-state index is 0.402. The number of benzene rings is 1. The number of nitrogens with one attached hydrogen (secondary N) is 1. The lowest BCUT2D eigenvalue weighted by molar-refractivity contribution is 0.382. The van der Waals surface area contributed by atoms with Crippen molar-refractivity contribution in [1.29, 1.82) is 5.26 Å². The van der Waals surface area contributed by atoms with Crippen LogP contribution in [0.5, 0.6) is 0 Å². The van der Waals surface area contributed by atoms with E-state index in [1.807, 2.05) is 12.1 Å². The van der Waals surface area contributed by atoms with Crippen LogP contribution in [0.3, 0.4) is 0 Å². The molecule has 0 fully saturated rings. The smallest absolute Gasteiger partial charge is 0.246 e. The molecule has 0 aliphatic carbocycles. The number of hydrogen-bond acceptors (Lipinski definition) is 6. The van der Waals surface area contributed by atoms with Crippen molar-refractivity contribution in [3.05, 3.63) is 54.1 Å². The Labute approximate surface area is 114 Å². The number of hydrogen-bond donors (Lipinski definition) is 1. The molecule has 20 heavy (non-hydrogen) atoms. The highest BCUT2D eigenvalue weighted by molar-refractivity contribution is 5.47. The van der Waals surface area contributed by atoms with Gasteiger partial charge in [0.25, 0.3) is 0 Å². The molecule has 2 aromatic heterocycles. The van der Waals surface area contributed by atoms with Crippen molar-refractivity contribution in [3.63, 3.8) is 0 Å². The molecule has 6 nitrogen and oxygen atoms in total. The molecular weight excluding hydrogens is 256 g/mol. The SMILES string of the molecule is N#Cc1ccc(NCc2nc(-c3ccco3)no2)cc1. The fourth-order valence-electron chi connectivity index (χ4n) is 1.67. The Bertz CT molecular complexity index is 723. The Morgan fingerprint density at radius 2 is 2.05 bits per heavy atom. The summed E-state index contributed by atoms with van der Waals surface area (Å²) in [6, 6.07) is 12.7. The standard InChI is InChI=1S/C14H10N4O2/c15-8-10-3-5-11(6-4-10)16-9-13-17-14(18-20-13)12-2-1-7-19-12/h1-7,16H,9H2. The van der Waals surface area contributed by atoms with Gasteiger partial charge >= 0.3 is 0 Å². The molecule has 0 saturated carbocycles. The van der Waals surface area contributed by atoms with Crippen LogP contribution < -0.4 is 5.32 Å². The number of aromatic nitrogens is 2. The minimum Gasteiger partial charge on any atom is -0.461 e. The lowest BCUT2D eigenvalue weighted by Gasteiger charge is -2.02. The van der Waals surface area contributed by atoms with E-state index in [4.69, 9.17) is 14.2 Å². The zero-order valence-corrected chi connectivity index (χ0v) is 10.4. The van der Waals surface area contributed by atoms with Crippen molar-refractivity contribution in [3.8, 4) is 17.7 Å². The number of rotatable bonds is 4. The first kappa shape index (κ1) is 12.0. The highest BCUT2D eigenvalue weighted by Gasteiger charge is 2.10. The summed E-state index contributed by atoms with van der Waals surface area (Å²) in [6.07, 6.45) is 1.56. The maximum Gasteiger partial charge on any atom is 0.246 e. The number of anilines is 1. The molecule has 0 amide bonds. The second kappa shape index (κ2) is 5.28. The van der Waals surface area contributed by atoms with Crippen LogP contribution in [0.25, 0.3) is 11.6 Å². The molecule has 98 valence electrons. The highest BCUT2D eigenvalue weighted by atomic mass is 16.5. The van der Waals surface area contributed by atoms with Crippen LogP contribution in [-0.2, 0) is 6.54 Å². The average molecular weight is 266 g/mol. The van der Waals surface area contributed by atoms with Crippen LogP contribution in [0.2, 0.25) is 0 Å². The van der Waals surface area contributed by atoms with E-state index in [9.17, 15) is 0 Å². The molecule has 0 aliphatic rings. The van der Waals surface area contributed by atoms with Gasteiger partial charge in [0.15, 0.2) is 5.76 Å². The van der Waals surface area contributed by atoms with Gasteiger partial charge in [-0.15, -0.1) is 0 Å². The van der Waals surface area contributed by atoms with E-state index in [0.717, 1.165) is 5.69 Å². The van der Waals surface area contributed by atoms with E-state index in [-0.39, 0.29) is 0 Å². The third-order valence-electron chi connectivity index (χ3n) is 2.67. The third kappa shape index (κ3) is 2.52. The van der Waals surface area contributed by atoms with Gasteiger partial charge < -0.3 is 14.3 Å². The van der Waals surface area contributed by atoms with Gasteiger partial charge in [0.2, 0.25) is 11.7 Å². The largest absolute Gasteiger partial charge is 0.461 e. The second-order valence-electron chi connectivity index (χ2n) is 4.03. The summed E-state index contributed by atoms with van der Waals surface area (Å²) in [5.41, 5.74) is 1.50. The highest BCUT2D eigenvalue weighted by Crippen LogP contribution is 2.16. The molecule has 0 radical (unpaired) electrons. The first-order valence-corrected chi connectivity index (χ1v) is 5.95. The Balaban J connectivity index is 1.65. The predicted molar refractivity (Wildman–Crippen MR) is 70.5 cm³/mol. The molecule has 0 spiro atoms. The van der Waals surface area contributed by atoms with Crippen LogP contribution in [-0.4, -0.2) is 10.1 Å². The summed E-state index contributed by atoms with van der Waals surface area (Å²) >= 11 is 0. The Kier molecular flexibility index (Phi) is 3.17. The number of nitrogens with zero attached hydrogens (tertiary/aromatic N) is 3. The van der Waals surface area contributed by atoms with E-state index in [1.54, 1.807) is 30.5 Å². The number of furan rings is 1. The van der Waals surface area contributed by atoms with Crippen molar-refractivity contribution in [2.75, 3.05) is 5.32 Å². The maximum atomic E-state index is 8.72. The van der Waals surface area contributed by atoms with Crippen LogP contribution >= 0.6 is 0 Å². The van der Waals surface area contributed by atoms with Gasteiger partial charge in [-0.05, 0) is 36.4 Å². The summed E-state index contributed by atoms with van der Waals surface area (Å²) in [5, 5.41) is 15.7. The van der Waals surface area contributed by atoms with Gasteiger partial charge in [-0.3, -0.25) is 0 Å². The van der Waals surface area contributed by atoms with Crippen molar-refractivity contribution in [1.82, 2.24) is 10.1 Å². The summed E-state index contributed by atoms with van der Waals surface area (Å²) in [5.74, 6) is 1.45. The van der Waals surface area contributed by atoms with E-state index in [2.05, 4.69) is 21.5 Å². The monoisotopic (exact) mass is 266 g/mol. The summed E-state index contributed by atoms with van der Waals surface area (Å²) in [6.45, 7) is 0.402. The molecule has 0 atom stereocenters. The zero-order chi connectivity index (χ0) is 13.8. The van der Waals surface area contributed by atoms with E-state index < -0.39 is 0 Å². The summed E-state index contributed by atoms with van der Waals surface area (Å²) < 4.78 is 10.3. The molecule has 1 N–H and O–H groups in total. The first-order chi connectivity index (χ1) is 9.85.